The van der Waals surface area contributed by atoms with Gasteiger partial charge in [0.05, 0.1) is 66.6 Å². The van der Waals surface area contributed by atoms with Gasteiger partial charge in [-0.15, -0.1) is 22.7 Å². The lowest BCUT2D eigenvalue weighted by atomic mass is 9.95. The topological polar surface area (TPSA) is 641 Å². The number of aromatic amines is 1. The summed E-state index contributed by atoms with van der Waals surface area (Å²) in [5, 5.41) is 106. The van der Waals surface area contributed by atoms with E-state index in [-0.39, 0.29) is 60.3 Å². The van der Waals surface area contributed by atoms with Crippen molar-refractivity contribution >= 4 is 75.9 Å². The summed E-state index contributed by atoms with van der Waals surface area (Å²) in [6.45, 7) is 4.24. The predicted molar refractivity (Wildman–Crippen MR) is 348 cm³/mol. The lowest BCUT2D eigenvalue weighted by Gasteiger charge is -2.47. The Labute approximate surface area is 575 Å². The van der Waals surface area contributed by atoms with Crippen LogP contribution in [0, 0.1) is 12.8 Å². The third kappa shape index (κ3) is 22.2. The fourth-order valence-electron chi connectivity index (χ4n) is 10.7. The molecule has 2 saturated heterocycles. The molecule has 2 aliphatic rings. The molecule has 0 bridgehead atoms. The molecule has 0 saturated carbocycles. The van der Waals surface area contributed by atoms with Crippen molar-refractivity contribution < 1.29 is 103 Å². The number of thiazole rings is 2. The van der Waals surface area contributed by atoms with Gasteiger partial charge >= 0.3 is 6.09 Å². The van der Waals surface area contributed by atoms with Crippen molar-refractivity contribution in [3.63, 3.8) is 0 Å². The van der Waals surface area contributed by atoms with Crippen LogP contribution in [0.4, 0.5) is 10.6 Å². The van der Waals surface area contributed by atoms with E-state index < -0.39 is 183 Å². The highest BCUT2D eigenvalue weighted by Gasteiger charge is 2.54. The number of carbonyl (C=O) groups excluding carboxylic acids is 8. The van der Waals surface area contributed by atoms with Gasteiger partial charge in [0.1, 0.15) is 94.6 Å². The number of nitrogens with zero attached hydrogens (tertiary/aromatic N) is 5. The molecule has 2 aliphatic heterocycles. The second-order valence-electron chi connectivity index (χ2n) is 24.0. The number of nitrogens with one attached hydrogen (secondary N) is 6. The first-order valence-corrected chi connectivity index (χ1v) is 33.7. The number of aromatic nitrogens is 6. The number of unbranched alkanes of at least 4 members (excludes halogenated alkanes) is 5. The minimum Gasteiger partial charge on any atom is -0.441 e. The maximum atomic E-state index is 15.2. The van der Waals surface area contributed by atoms with E-state index in [2.05, 4.69) is 56.5 Å². The van der Waals surface area contributed by atoms with Crippen LogP contribution in [0.2, 0.25) is 0 Å². The van der Waals surface area contributed by atoms with Crippen LogP contribution in [-0.4, -0.2) is 249 Å². The summed E-state index contributed by atoms with van der Waals surface area (Å²) in [6, 6.07) is -6.44. The quantitative estimate of drug-likeness (QED) is 0.0185. The summed E-state index contributed by atoms with van der Waals surface area (Å²) < 4.78 is 28.8. The van der Waals surface area contributed by atoms with Gasteiger partial charge < -0.3 is 131 Å². The Morgan fingerprint density at radius 2 is 1.40 bits per heavy atom. The second kappa shape index (κ2) is 38.2. The van der Waals surface area contributed by atoms with Gasteiger partial charge in [0.25, 0.3) is 11.8 Å². The molecule has 0 spiro atoms. The van der Waals surface area contributed by atoms with Crippen LogP contribution < -0.4 is 61.0 Å². The number of ether oxygens (including phenoxy) is 5. The zero-order chi connectivity index (χ0) is 72.9. The van der Waals surface area contributed by atoms with Crippen LogP contribution in [0.15, 0.2) is 23.3 Å². The molecule has 550 valence electrons. The van der Waals surface area contributed by atoms with Crippen molar-refractivity contribution in [2.24, 2.45) is 34.6 Å². The molecule has 2 fully saturated rings. The van der Waals surface area contributed by atoms with E-state index in [4.69, 9.17) is 58.1 Å². The Kier molecular flexibility index (Phi) is 31.0. The van der Waals surface area contributed by atoms with Gasteiger partial charge in [-0.25, -0.2) is 29.7 Å². The van der Waals surface area contributed by atoms with Crippen molar-refractivity contribution in [1.29, 1.82) is 0 Å². The molecule has 40 heteroatoms. The van der Waals surface area contributed by atoms with Gasteiger partial charge in [-0.05, 0) is 53.0 Å². The normalized spacial score (nSPS) is 23.6. The van der Waals surface area contributed by atoms with E-state index >= 15 is 4.79 Å². The highest BCUT2D eigenvalue weighted by atomic mass is 32.1. The standard InChI is InChI=1S/C59H91N17O21S2/c1-24-37(73-50(76-48(24)63)28(17-35(62)80)11-12-29(61)49(64)86)54(90)75-39(45(30-18-66-23-69-30)95-58-47(43(84)41(82)33(19-77)94-58)96-57-44(85)46(97-59(65)92)42(83)34(20-78)93-57)55(91)70-26(3)40(81)25(2)51(87)74-38(27(4)79)53(89)68-16-13-36-71-32(22-98-36)56-72-31(21-99-56)52(88)67-15-10-8-6-5-7-9-14-60/h18,21-23,25-29,33-34,38-47,57-58,77-79,81-85H,5-17,19-20,60-61H2,1-4H3,(H2,62,80)(H2,64,86)(H2,65,92)(H,66,69)(H,67,88)(H,68,89)(H,70,91)(H,74,87)(H,75,90)(H2,63,73,76). The molecule has 19 unspecified atom stereocenters. The largest absolute Gasteiger partial charge is 0.441 e. The first-order chi connectivity index (χ1) is 47.0. The Morgan fingerprint density at radius 1 is 0.727 bits per heavy atom. The predicted octanol–water partition coefficient (Wildman–Crippen LogP) is -5.44. The molecule has 4 aromatic rings. The van der Waals surface area contributed by atoms with Gasteiger partial charge in [-0.2, -0.15) is 0 Å². The number of amides is 8. The zero-order valence-corrected chi connectivity index (χ0v) is 56.4. The average Bonchev–Trinajstić information content (AvgIpc) is 0.884. The first-order valence-electron chi connectivity index (χ1n) is 31.9. The minimum absolute atomic E-state index is 0.00611. The van der Waals surface area contributed by atoms with Gasteiger partial charge in [-0.3, -0.25) is 33.6 Å². The zero-order valence-electron chi connectivity index (χ0n) is 54.8. The van der Waals surface area contributed by atoms with Crippen molar-refractivity contribution in [3.8, 4) is 10.7 Å². The second-order valence-corrected chi connectivity index (χ2v) is 25.8. The summed E-state index contributed by atoms with van der Waals surface area (Å²) in [5.74, 6) is -9.40. The SMILES string of the molecule is Cc1c(N)nc(C(CCC(N)C(N)=O)CC(N)=O)nc1C(=O)NC(C(=O)NC(C)C(O)C(C)C(=O)NC(C(=O)NCCc1nc(-c2nc(C(=O)NCCCCCCCCN)cs2)cs1)C(C)O)C(OC1OC(CO)C(O)C(O)C1OC1OC(CO)C(O)C(OC(N)=O)C1O)c1cnc[nH]1. The average molecular weight is 1440 g/mol. The highest BCUT2D eigenvalue weighted by Crippen LogP contribution is 2.35. The van der Waals surface area contributed by atoms with E-state index in [1.54, 1.807) is 10.8 Å². The Morgan fingerprint density at radius 3 is 2.04 bits per heavy atom. The molecule has 99 heavy (non-hydrogen) atoms. The molecule has 19 atom stereocenters. The summed E-state index contributed by atoms with van der Waals surface area (Å²) in [7, 11) is 0. The third-order valence-electron chi connectivity index (χ3n) is 16.5. The number of hydrogen-bond donors (Lipinski definition) is 20. The number of carbonyl (C=O) groups is 8. The van der Waals surface area contributed by atoms with E-state index in [0.29, 0.717) is 28.8 Å². The number of nitrogens with two attached hydrogens (primary N) is 6. The van der Waals surface area contributed by atoms with Crippen molar-refractivity contribution in [2.75, 3.05) is 38.6 Å². The highest BCUT2D eigenvalue weighted by molar-refractivity contribution is 7.14. The van der Waals surface area contributed by atoms with Gasteiger partial charge in [-0.1, -0.05) is 32.6 Å². The summed E-state index contributed by atoms with van der Waals surface area (Å²) >= 11 is 2.53. The van der Waals surface area contributed by atoms with E-state index in [9.17, 15) is 74.4 Å². The molecule has 26 N–H and O–H groups in total. The monoisotopic (exact) mass is 1440 g/mol. The number of hydrogen-bond acceptors (Lipinski definition) is 31. The Bertz CT molecular complexity index is 3320. The molecule has 4 aromatic heterocycles. The molecular weight excluding hydrogens is 1350 g/mol. The number of rotatable bonds is 39. The molecular formula is C59H91N17O21S2. The van der Waals surface area contributed by atoms with E-state index in [1.165, 1.54) is 50.4 Å². The minimum atomic E-state index is -2.19. The number of anilines is 1. The van der Waals surface area contributed by atoms with E-state index in [1.807, 2.05) is 0 Å². The maximum Gasteiger partial charge on any atom is 0.404 e. The van der Waals surface area contributed by atoms with Gasteiger partial charge in [0.2, 0.25) is 29.5 Å². The van der Waals surface area contributed by atoms with Crippen molar-refractivity contribution in [2.45, 2.75) is 202 Å². The molecule has 0 aromatic carbocycles. The summed E-state index contributed by atoms with van der Waals surface area (Å²) in [6.07, 6.45) is -19.1. The van der Waals surface area contributed by atoms with Crippen LogP contribution >= 0.6 is 22.7 Å². The maximum absolute atomic E-state index is 15.2. The smallest absolute Gasteiger partial charge is 0.404 e. The van der Waals surface area contributed by atoms with Crippen LogP contribution in [0.5, 0.6) is 0 Å². The van der Waals surface area contributed by atoms with Crippen molar-refractivity contribution in [1.82, 2.24) is 56.5 Å². The number of aliphatic hydroxyl groups excluding tert-OH is 8. The Balaban J connectivity index is 1.23. The fraction of sp³-hybridized carbons (Fsp3) is 0.644. The van der Waals surface area contributed by atoms with Crippen LogP contribution in [0.1, 0.15) is 134 Å². The lowest BCUT2D eigenvalue weighted by molar-refractivity contribution is -0.372. The molecule has 6 heterocycles. The third-order valence-corrected chi connectivity index (χ3v) is 18.3. The lowest BCUT2D eigenvalue weighted by Crippen LogP contribution is -2.65. The first kappa shape index (κ1) is 80.3. The van der Waals surface area contributed by atoms with Gasteiger partial charge in [0, 0.05) is 48.2 Å². The fourth-order valence-corrected chi connectivity index (χ4v) is 12.3. The number of imidazole rings is 1. The number of nitrogen functional groups attached to an aromatic ring is 1. The van der Waals surface area contributed by atoms with Crippen LogP contribution in [0.25, 0.3) is 10.7 Å². The number of primary amides is 3. The van der Waals surface area contributed by atoms with E-state index in [0.717, 1.165) is 51.0 Å². The number of H-pyrrole nitrogens is 1. The molecule has 6 rings (SSSR count). The van der Waals surface area contributed by atoms with Crippen LogP contribution in [0.3, 0.4) is 0 Å². The Hall–Kier alpha value is -7.65. The number of aliphatic hydroxyl groups is 8. The van der Waals surface area contributed by atoms with Crippen molar-refractivity contribution in [3.05, 3.63) is 56.8 Å². The molecule has 0 radical (unpaired) electrons. The molecule has 8 amide bonds. The van der Waals surface area contributed by atoms with Crippen LogP contribution in [-0.2, 0) is 54.1 Å². The summed E-state index contributed by atoms with van der Waals surface area (Å²) in [5.41, 5.74) is 33.9. The van der Waals surface area contributed by atoms with Gasteiger partial charge in [0.15, 0.2) is 18.7 Å². The molecule has 38 nitrogen and oxygen atoms in total. The molecule has 0 aliphatic carbocycles. The summed E-state index contributed by atoms with van der Waals surface area (Å²) in [4.78, 5) is 131.